The molecule has 1 saturated carbocycles. The number of hydrogen-bond donors (Lipinski definition) is 0. The van der Waals surface area contributed by atoms with Crippen molar-refractivity contribution in [3.8, 4) is 0 Å². The van der Waals surface area contributed by atoms with Crippen LogP contribution in [-0.2, 0) is 19.1 Å². The highest BCUT2D eigenvalue weighted by Crippen LogP contribution is 2.37. The van der Waals surface area contributed by atoms with Crippen LogP contribution in [0.5, 0.6) is 0 Å². The number of ketones is 2. The van der Waals surface area contributed by atoms with Crippen LogP contribution in [0, 0.1) is 5.41 Å². The van der Waals surface area contributed by atoms with Crippen LogP contribution < -0.4 is 0 Å². The van der Waals surface area contributed by atoms with Crippen molar-refractivity contribution < 1.29 is 19.1 Å². The third kappa shape index (κ3) is 3.40. The maximum absolute atomic E-state index is 12.3. The van der Waals surface area contributed by atoms with E-state index in [9.17, 15) is 14.4 Å². The fraction of sp³-hybridized carbons (Fsp3) is 0.786. The highest BCUT2D eigenvalue weighted by atomic mass is 16.5. The Morgan fingerprint density at radius 2 is 2.00 bits per heavy atom. The molecule has 1 aliphatic rings. The molecule has 0 aliphatic heterocycles. The molecule has 18 heavy (non-hydrogen) atoms. The van der Waals surface area contributed by atoms with Gasteiger partial charge in [-0.15, -0.1) is 0 Å². The molecule has 0 amide bonds. The number of hydrogen-bond acceptors (Lipinski definition) is 4. The number of esters is 1. The molecule has 0 aromatic heterocycles. The van der Waals surface area contributed by atoms with Gasteiger partial charge in [0.1, 0.15) is 17.0 Å². The Labute approximate surface area is 108 Å². The van der Waals surface area contributed by atoms with Gasteiger partial charge in [0, 0.05) is 12.8 Å². The molecule has 0 radical (unpaired) electrons. The Morgan fingerprint density at radius 1 is 1.28 bits per heavy atom. The topological polar surface area (TPSA) is 60.4 Å². The standard InChI is InChI=1S/C14H22O4/c1-3-18-13(17)14(10-8-11(2)15)9-6-4-5-7-12(14)16/h3-10H2,1-2H3/t14-/m0/s1. The quantitative estimate of drug-likeness (QED) is 0.429. The second-order valence-corrected chi connectivity index (χ2v) is 4.99. The van der Waals surface area contributed by atoms with Crippen molar-refractivity contribution in [2.24, 2.45) is 5.41 Å². The van der Waals surface area contributed by atoms with E-state index < -0.39 is 11.4 Å². The third-order valence-corrected chi connectivity index (χ3v) is 3.61. The lowest BCUT2D eigenvalue weighted by Gasteiger charge is -2.28. The molecular weight excluding hydrogens is 232 g/mol. The Morgan fingerprint density at radius 3 is 2.61 bits per heavy atom. The SMILES string of the molecule is CCOC(=O)[C@]1(CCC(C)=O)CCCCCC1=O. The van der Waals surface area contributed by atoms with Crippen LogP contribution in [0.15, 0.2) is 0 Å². The smallest absolute Gasteiger partial charge is 0.319 e. The van der Waals surface area contributed by atoms with Gasteiger partial charge in [-0.05, 0) is 33.1 Å². The molecule has 0 saturated heterocycles. The van der Waals surface area contributed by atoms with E-state index in [4.69, 9.17) is 4.74 Å². The van der Waals surface area contributed by atoms with E-state index in [1.807, 2.05) is 0 Å². The monoisotopic (exact) mass is 254 g/mol. The number of ether oxygens (including phenoxy) is 1. The third-order valence-electron chi connectivity index (χ3n) is 3.61. The van der Waals surface area contributed by atoms with Crippen molar-refractivity contribution in [2.75, 3.05) is 6.61 Å². The Kier molecular flexibility index (Phi) is 5.51. The van der Waals surface area contributed by atoms with Crippen LogP contribution in [0.2, 0.25) is 0 Å². The first kappa shape index (κ1) is 14.9. The molecule has 4 nitrogen and oxygen atoms in total. The van der Waals surface area contributed by atoms with Gasteiger partial charge >= 0.3 is 5.97 Å². The van der Waals surface area contributed by atoms with Gasteiger partial charge in [0.25, 0.3) is 0 Å². The number of carbonyl (C=O) groups is 3. The van der Waals surface area contributed by atoms with Crippen molar-refractivity contribution in [2.45, 2.75) is 58.8 Å². The first-order valence-electron chi connectivity index (χ1n) is 6.73. The number of rotatable bonds is 5. The molecule has 0 bridgehead atoms. The number of Topliss-reactive ketones (excluding diaryl/α,β-unsaturated/α-hetero) is 2. The number of carbonyl (C=O) groups excluding carboxylic acids is 3. The fourth-order valence-corrected chi connectivity index (χ4v) is 2.51. The summed E-state index contributed by atoms with van der Waals surface area (Å²) in [4.78, 5) is 35.5. The minimum atomic E-state index is -1.06. The van der Waals surface area contributed by atoms with Gasteiger partial charge in [-0.1, -0.05) is 12.8 Å². The Balaban J connectivity index is 2.92. The van der Waals surface area contributed by atoms with Gasteiger partial charge in [0.05, 0.1) is 6.61 Å². The van der Waals surface area contributed by atoms with E-state index >= 15 is 0 Å². The zero-order valence-electron chi connectivity index (χ0n) is 11.3. The van der Waals surface area contributed by atoms with E-state index in [-0.39, 0.29) is 24.6 Å². The molecule has 0 aromatic rings. The lowest BCUT2D eigenvalue weighted by Crippen LogP contribution is -2.40. The summed E-state index contributed by atoms with van der Waals surface area (Å²) in [6.07, 6.45) is 4.18. The van der Waals surface area contributed by atoms with Crippen molar-refractivity contribution in [1.29, 1.82) is 0 Å². The van der Waals surface area contributed by atoms with Crippen LogP contribution >= 0.6 is 0 Å². The van der Waals surface area contributed by atoms with Crippen LogP contribution in [0.3, 0.4) is 0 Å². The minimum absolute atomic E-state index is 0.00993. The maximum atomic E-state index is 12.3. The Bertz CT molecular complexity index is 335. The second-order valence-electron chi connectivity index (χ2n) is 4.99. The summed E-state index contributed by atoms with van der Waals surface area (Å²) in [7, 11) is 0. The normalized spacial score (nSPS) is 24.4. The molecule has 102 valence electrons. The molecular formula is C14H22O4. The lowest BCUT2D eigenvalue weighted by atomic mass is 9.75. The summed E-state index contributed by atoms with van der Waals surface area (Å²) in [5, 5.41) is 0. The van der Waals surface area contributed by atoms with Gasteiger partial charge in [-0.25, -0.2) is 0 Å². The van der Waals surface area contributed by atoms with E-state index in [0.29, 0.717) is 19.3 Å². The lowest BCUT2D eigenvalue weighted by molar-refractivity contribution is -0.161. The molecule has 0 aromatic carbocycles. The summed E-state index contributed by atoms with van der Waals surface area (Å²) in [5.74, 6) is -0.464. The maximum Gasteiger partial charge on any atom is 0.319 e. The summed E-state index contributed by atoms with van der Waals surface area (Å²) >= 11 is 0. The van der Waals surface area contributed by atoms with Crippen LogP contribution in [-0.4, -0.2) is 24.1 Å². The Hall–Kier alpha value is -1.19. The highest BCUT2D eigenvalue weighted by molar-refractivity contribution is 6.04. The minimum Gasteiger partial charge on any atom is -0.465 e. The molecule has 1 fully saturated rings. The largest absolute Gasteiger partial charge is 0.465 e. The van der Waals surface area contributed by atoms with E-state index in [1.165, 1.54) is 6.92 Å². The van der Waals surface area contributed by atoms with Crippen LogP contribution in [0.25, 0.3) is 0 Å². The van der Waals surface area contributed by atoms with E-state index in [1.54, 1.807) is 6.92 Å². The molecule has 0 N–H and O–H groups in total. The first-order chi connectivity index (χ1) is 8.53. The molecule has 1 atom stereocenters. The molecule has 0 unspecified atom stereocenters. The van der Waals surface area contributed by atoms with E-state index in [2.05, 4.69) is 0 Å². The van der Waals surface area contributed by atoms with Crippen molar-refractivity contribution in [1.82, 2.24) is 0 Å². The summed E-state index contributed by atoms with van der Waals surface area (Å²) in [5.41, 5.74) is -1.06. The van der Waals surface area contributed by atoms with Gasteiger partial charge < -0.3 is 9.53 Å². The average molecular weight is 254 g/mol. The van der Waals surface area contributed by atoms with Gasteiger partial charge in [-0.3, -0.25) is 9.59 Å². The summed E-state index contributed by atoms with van der Waals surface area (Å²) in [6.45, 7) is 3.49. The van der Waals surface area contributed by atoms with Gasteiger partial charge in [0.15, 0.2) is 0 Å². The van der Waals surface area contributed by atoms with Crippen molar-refractivity contribution in [3.05, 3.63) is 0 Å². The predicted molar refractivity (Wildman–Crippen MR) is 67.1 cm³/mol. The second kappa shape index (κ2) is 6.66. The highest BCUT2D eigenvalue weighted by Gasteiger charge is 2.46. The van der Waals surface area contributed by atoms with Gasteiger partial charge in [-0.2, -0.15) is 0 Å². The summed E-state index contributed by atoms with van der Waals surface area (Å²) < 4.78 is 5.07. The van der Waals surface area contributed by atoms with E-state index in [0.717, 1.165) is 19.3 Å². The molecule has 1 aliphatic carbocycles. The molecule has 0 spiro atoms. The van der Waals surface area contributed by atoms with Crippen LogP contribution in [0.4, 0.5) is 0 Å². The van der Waals surface area contributed by atoms with Crippen molar-refractivity contribution >= 4 is 17.5 Å². The predicted octanol–water partition coefficient (Wildman–Crippen LogP) is 2.44. The van der Waals surface area contributed by atoms with Crippen LogP contribution in [0.1, 0.15) is 58.8 Å². The average Bonchev–Trinajstić information content (AvgIpc) is 2.50. The zero-order valence-corrected chi connectivity index (χ0v) is 11.3. The molecule has 1 rings (SSSR count). The molecule has 0 heterocycles. The first-order valence-corrected chi connectivity index (χ1v) is 6.73. The molecule has 4 heteroatoms. The van der Waals surface area contributed by atoms with Gasteiger partial charge in [0.2, 0.25) is 0 Å². The fourth-order valence-electron chi connectivity index (χ4n) is 2.51. The summed E-state index contributed by atoms with van der Waals surface area (Å²) in [6, 6.07) is 0. The van der Waals surface area contributed by atoms with Crippen molar-refractivity contribution in [3.63, 3.8) is 0 Å². The zero-order chi connectivity index (χ0) is 13.6.